The predicted octanol–water partition coefficient (Wildman–Crippen LogP) is 2.94. The summed E-state index contributed by atoms with van der Waals surface area (Å²) >= 11 is 0. The normalized spacial score (nSPS) is 20.7. The number of carboxylic acid groups (broad SMARTS) is 1. The van der Waals surface area contributed by atoms with Gasteiger partial charge in [-0.3, -0.25) is 10.1 Å². The van der Waals surface area contributed by atoms with Gasteiger partial charge in [0.1, 0.15) is 5.54 Å². The molecule has 0 unspecified atom stereocenters. The van der Waals surface area contributed by atoms with E-state index in [2.05, 4.69) is 12.2 Å². The molecule has 94 valence electrons. The second-order valence-electron chi connectivity index (χ2n) is 5.34. The summed E-state index contributed by atoms with van der Waals surface area (Å²) in [5, 5.41) is 12.9. The van der Waals surface area contributed by atoms with Gasteiger partial charge < -0.3 is 5.11 Å². The van der Waals surface area contributed by atoms with Gasteiger partial charge in [0.05, 0.1) is 0 Å². The quantitative estimate of drug-likeness (QED) is 0.759. The molecule has 0 radical (unpaired) electrons. The molecule has 0 aromatic carbocycles. The second kappa shape index (κ2) is 5.17. The van der Waals surface area contributed by atoms with Gasteiger partial charge in [-0.2, -0.15) is 0 Å². The first-order chi connectivity index (χ1) is 7.48. The summed E-state index contributed by atoms with van der Waals surface area (Å²) in [5.41, 5.74) is -0.714. The summed E-state index contributed by atoms with van der Waals surface area (Å²) in [6.07, 6.45) is 7.21. The summed E-state index contributed by atoms with van der Waals surface area (Å²) in [5.74, 6) is -0.704. The van der Waals surface area contributed by atoms with Crippen molar-refractivity contribution in [1.29, 1.82) is 0 Å². The molecule has 2 N–H and O–H groups in total. The molecule has 1 saturated carbocycles. The van der Waals surface area contributed by atoms with Crippen molar-refractivity contribution in [2.75, 3.05) is 0 Å². The van der Waals surface area contributed by atoms with Crippen LogP contribution in [0.5, 0.6) is 0 Å². The third kappa shape index (κ3) is 2.76. The number of carbonyl (C=O) groups is 1. The van der Waals surface area contributed by atoms with Crippen LogP contribution < -0.4 is 5.32 Å². The first-order valence-corrected chi connectivity index (χ1v) is 6.51. The Bertz CT molecular complexity index is 240. The van der Waals surface area contributed by atoms with Crippen LogP contribution in [0.1, 0.15) is 65.7 Å². The lowest BCUT2D eigenvalue weighted by Crippen LogP contribution is -2.60. The van der Waals surface area contributed by atoms with Crippen molar-refractivity contribution in [3.63, 3.8) is 0 Å². The molecule has 0 heterocycles. The van der Waals surface area contributed by atoms with Gasteiger partial charge in [0.15, 0.2) is 0 Å². The first-order valence-electron chi connectivity index (χ1n) is 6.51. The van der Waals surface area contributed by atoms with E-state index in [-0.39, 0.29) is 5.54 Å². The fraction of sp³-hybridized carbons (Fsp3) is 0.923. The minimum absolute atomic E-state index is 0.0165. The molecule has 16 heavy (non-hydrogen) atoms. The van der Waals surface area contributed by atoms with Crippen LogP contribution in [0, 0.1) is 0 Å². The first kappa shape index (κ1) is 13.5. The van der Waals surface area contributed by atoms with Crippen LogP contribution in [0.2, 0.25) is 0 Å². The molecule has 1 fully saturated rings. The smallest absolute Gasteiger partial charge is 0.323 e. The third-order valence-electron chi connectivity index (χ3n) is 4.11. The van der Waals surface area contributed by atoms with E-state index in [0.29, 0.717) is 12.8 Å². The van der Waals surface area contributed by atoms with Gasteiger partial charge in [-0.25, -0.2) is 0 Å². The van der Waals surface area contributed by atoms with Crippen molar-refractivity contribution in [1.82, 2.24) is 5.32 Å². The fourth-order valence-corrected chi connectivity index (χ4v) is 2.82. The monoisotopic (exact) mass is 227 g/mol. The molecule has 1 rings (SSSR count). The molecule has 0 aromatic rings. The number of carboxylic acids is 1. The van der Waals surface area contributed by atoms with Crippen LogP contribution in [-0.4, -0.2) is 22.2 Å². The van der Waals surface area contributed by atoms with Gasteiger partial charge in [-0.05, 0) is 32.6 Å². The molecule has 0 aromatic heterocycles. The number of nitrogens with one attached hydrogen (secondary N) is 1. The van der Waals surface area contributed by atoms with E-state index in [4.69, 9.17) is 0 Å². The number of rotatable bonds is 5. The van der Waals surface area contributed by atoms with Gasteiger partial charge in [0, 0.05) is 5.54 Å². The molecule has 1 aliphatic carbocycles. The van der Waals surface area contributed by atoms with Crippen LogP contribution >= 0.6 is 0 Å². The zero-order valence-electron chi connectivity index (χ0n) is 10.8. The highest BCUT2D eigenvalue weighted by Crippen LogP contribution is 2.31. The molecule has 3 nitrogen and oxygen atoms in total. The lowest BCUT2D eigenvalue weighted by atomic mass is 9.79. The van der Waals surface area contributed by atoms with E-state index in [9.17, 15) is 9.90 Å². The SMILES string of the molecule is CCC(CC)(NC1(C)CCCCC1)C(=O)O. The second-order valence-corrected chi connectivity index (χ2v) is 5.34. The largest absolute Gasteiger partial charge is 0.480 e. The summed E-state index contributed by atoms with van der Waals surface area (Å²) in [4.78, 5) is 11.4. The van der Waals surface area contributed by atoms with E-state index in [1.54, 1.807) is 0 Å². The van der Waals surface area contributed by atoms with Crippen LogP contribution in [0.25, 0.3) is 0 Å². The van der Waals surface area contributed by atoms with Crippen molar-refractivity contribution >= 4 is 5.97 Å². The van der Waals surface area contributed by atoms with Gasteiger partial charge in [0.2, 0.25) is 0 Å². The van der Waals surface area contributed by atoms with Crippen LogP contribution in [0.3, 0.4) is 0 Å². The van der Waals surface area contributed by atoms with Gasteiger partial charge in [-0.1, -0.05) is 33.1 Å². The van der Waals surface area contributed by atoms with Crippen LogP contribution in [-0.2, 0) is 4.79 Å². The van der Waals surface area contributed by atoms with Gasteiger partial charge >= 0.3 is 5.97 Å². The summed E-state index contributed by atoms with van der Waals surface area (Å²) < 4.78 is 0. The Morgan fingerprint density at radius 1 is 1.25 bits per heavy atom. The number of hydrogen-bond acceptors (Lipinski definition) is 2. The van der Waals surface area contributed by atoms with E-state index < -0.39 is 11.5 Å². The highest BCUT2D eigenvalue weighted by molar-refractivity contribution is 5.78. The molecule has 0 spiro atoms. The average molecular weight is 227 g/mol. The van der Waals surface area contributed by atoms with Gasteiger partial charge in [-0.15, -0.1) is 0 Å². The molecular formula is C13H25NO2. The number of aliphatic carboxylic acids is 1. The Labute approximate surface area is 98.6 Å². The summed E-state index contributed by atoms with van der Waals surface area (Å²) in [6, 6.07) is 0. The highest BCUT2D eigenvalue weighted by atomic mass is 16.4. The molecule has 0 amide bonds. The fourth-order valence-electron chi connectivity index (χ4n) is 2.82. The van der Waals surface area contributed by atoms with Crippen LogP contribution in [0.15, 0.2) is 0 Å². The lowest BCUT2D eigenvalue weighted by Gasteiger charge is -2.42. The van der Waals surface area contributed by atoms with E-state index in [1.807, 2.05) is 13.8 Å². The Morgan fingerprint density at radius 3 is 2.12 bits per heavy atom. The van der Waals surface area contributed by atoms with Gasteiger partial charge in [0.25, 0.3) is 0 Å². The Morgan fingerprint density at radius 2 is 1.75 bits per heavy atom. The maximum atomic E-state index is 11.4. The van der Waals surface area contributed by atoms with Crippen LogP contribution in [0.4, 0.5) is 0 Å². The summed E-state index contributed by atoms with van der Waals surface area (Å²) in [7, 11) is 0. The molecule has 0 bridgehead atoms. The minimum atomic E-state index is -0.730. The third-order valence-corrected chi connectivity index (χ3v) is 4.11. The van der Waals surface area contributed by atoms with E-state index in [0.717, 1.165) is 12.8 Å². The topological polar surface area (TPSA) is 49.3 Å². The Kier molecular flexibility index (Phi) is 4.36. The van der Waals surface area contributed by atoms with Crippen molar-refractivity contribution in [2.24, 2.45) is 0 Å². The van der Waals surface area contributed by atoms with E-state index in [1.165, 1.54) is 19.3 Å². The molecule has 0 aliphatic heterocycles. The molecule has 0 atom stereocenters. The molecule has 3 heteroatoms. The van der Waals surface area contributed by atoms with Crippen molar-refractivity contribution in [3.05, 3.63) is 0 Å². The maximum Gasteiger partial charge on any atom is 0.323 e. The van der Waals surface area contributed by atoms with E-state index >= 15 is 0 Å². The van der Waals surface area contributed by atoms with Crippen molar-refractivity contribution in [3.8, 4) is 0 Å². The average Bonchev–Trinajstić information content (AvgIpc) is 2.26. The molecular weight excluding hydrogens is 202 g/mol. The predicted molar refractivity (Wildman–Crippen MR) is 65.6 cm³/mol. The highest BCUT2D eigenvalue weighted by Gasteiger charge is 2.41. The summed E-state index contributed by atoms with van der Waals surface area (Å²) in [6.45, 7) is 6.09. The zero-order valence-corrected chi connectivity index (χ0v) is 10.8. The zero-order chi connectivity index (χ0) is 12.2. The maximum absolute atomic E-state index is 11.4. The van der Waals surface area contributed by atoms with Crippen molar-refractivity contribution in [2.45, 2.75) is 76.8 Å². The Hall–Kier alpha value is -0.570. The standard InChI is InChI=1S/C13H25NO2/c1-4-13(5-2,11(15)16)14-12(3)9-7-6-8-10-12/h14H,4-10H2,1-3H3,(H,15,16). The number of hydrogen-bond donors (Lipinski definition) is 2. The van der Waals surface area contributed by atoms with Crippen molar-refractivity contribution < 1.29 is 9.90 Å². The lowest BCUT2D eigenvalue weighted by molar-refractivity contribution is -0.146. The molecule has 0 saturated heterocycles. The minimum Gasteiger partial charge on any atom is -0.480 e. The molecule has 1 aliphatic rings. The Balaban J connectivity index is 2.77.